The van der Waals surface area contributed by atoms with Crippen molar-refractivity contribution in [3.63, 3.8) is 0 Å². The molecule has 3 rings (SSSR count). The fourth-order valence-corrected chi connectivity index (χ4v) is 4.69. The average molecular weight is 404 g/mol. The van der Waals surface area contributed by atoms with E-state index in [9.17, 15) is 0 Å². The standard InChI is InChI=1S/C24H31Cl2N/c1-3-27(16-15-19-7-5-4-6-8-19)18(2)9-10-20-11-13-21(14-12-20)22-17-23(25)24(22)26/h4-8,11-14,18,22-24H,3,9-10,15-17H2,1-2H3. The molecule has 0 aromatic heterocycles. The summed E-state index contributed by atoms with van der Waals surface area (Å²) in [4.78, 5) is 2.59. The second kappa shape index (κ2) is 9.96. The molecule has 2 aromatic carbocycles. The quantitative estimate of drug-likeness (QED) is 0.445. The highest BCUT2D eigenvalue weighted by Crippen LogP contribution is 2.44. The predicted molar refractivity (Wildman–Crippen MR) is 118 cm³/mol. The third-order valence-electron chi connectivity index (χ3n) is 6.03. The van der Waals surface area contributed by atoms with E-state index in [0.29, 0.717) is 12.0 Å². The molecule has 0 N–H and O–H groups in total. The van der Waals surface area contributed by atoms with E-state index in [0.717, 1.165) is 32.4 Å². The molecule has 1 aliphatic carbocycles. The summed E-state index contributed by atoms with van der Waals surface area (Å²) in [6.07, 6.45) is 4.43. The van der Waals surface area contributed by atoms with Gasteiger partial charge in [-0.15, -0.1) is 23.2 Å². The monoisotopic (exact) mass is 403 g/mol. The highest BCUT2D eigenvalue weighted by Gasteiger charge is 2.39. The van der Waals surface area contributed by atoms with Crippen molar-refractivity contribution in [1.82, 2.24) is 4.90 Å². The third kappa shape index (κ3) is 5.50. The zero-order chi connectivity index (χ0) is 19.2. The van der Waals surface area contributed by atoms with Gasteiger partial charge < -0.3 is 4.90 Å². The van der Waals surface area contributed by atoms with E-state index in [1.54, 1.807) is 0 Å². The highest BCUT2D eigenvalue weighted by molar-refractivity contribution is 6.31. The maximum Gasteiger partial charge on any atom is 0.0568 e. The number of alkyl halides is 2. The maximum atomic E-state index is 6.33. The van der Waals surface area contributed by atoms with Crippen LogP contribution in [0.2, 0.25) is 0 Å². The van der Waals surface area contributed by atoms with Crippen LogP contribution in [0.5, 0.6) is 0 Å². The Kier molecular flexibility index (Phi) is 7.64. The number of likely N-dealkylation sites (N-methyl/N-ethyl adjacent to an activating group) is 1. The van der Waals surface area contributed by atoms with Gasteiger partial charge in [-0.1, -0.05) is 61.5 Å². The molecule has 0 aliphatic heterocycles. The lowest BCUT2D eigenvalue weighted by molar-refractivity contribution is 0.212. The second-order valence-corrected chi connectivity index (χ2v) is 8.86. The number of benzene rings is 2. The van der Waals surface area contributed by atoms with Gasteiger partial charge in [-0.25, -0.2) is 0 Å². The minimum absolute atomic E-state index is 0.0836. The number of rotatable bonds is 9. The van der Waals surface area contributed by atoms with Crippen molar-refractivity contribution in [2.75, 3.05) is 13.1 Å². The van der Waals surface area contributed by atoms with Gasteiger partial charge in [0.15, 0.2) is 0 Å². The minimum Gasteiger partial charge on any atom is -0.301 e. The molecule has 1 aliphatic rings. The summed E-state index contributed by atoms with van der Waals surface area (Å²) in [6.45, 7) is 6.85. The van der Waals surface area contributed by atoms with Crippen LogP contribution in [-0.4, -0.2) is 34.8 Å². The normalized spacial score (nSPS) is 23.2. The molecule has 0 radical (unpaired) electrons. The Bertz CT molecular complexity index is 685. The molecular weight excluding hydrogens is 373 g/mol. The molecule has 1 nitrogen and oxygen atoms in total. The topological polar surface area (TPSA) is 3.24 Å². The van der Waals surface area contributed by atoms with Gasteiger partial charge in [-0.05, 0) is 55.8 Å². The van der Waals surface area contributed by atoms with E-state index in [1.165, 1.54) is 23.1 Å². The summed E-state index contributed by atoms with van der Waals surface area (Å²) < 4.78 is 0. The number of halogens is 2. The van der Waals surface area contributed by atoms with E-state index in [2.05, 4.69) is 73.3 Å². The first-order valence-corrected chi connectivity index (χ1v) is 11.1. The predicted octanol–water partition coefficient (Wildman–Crippen LogP) is 6.27. The molecular formula is C24H31Cl2N. The van der Waals surface area contributed by atoms with Gasteiger partial charge in [0.05, 0.1) is 10.8 Å². The van der Waals surface area contributed by atoms with Crippen LogP contribution in [-0.2, 0) is 12.8 Å². The fraction of sp³-hybridized carbons (Fsp3) is 0.500. The molecule has 4 unspecified atom stereocenters. The van der Waals surface area contributed by atoms with Crippen molar-refractivity contribution < 1.29 is 0 Å². The first-order valence-electron chi connectivity index (χ1n) is 10.2. The lowest BCUT2D eigenvalue weighted by Gasteiger charge is -2.37. The van der Waals surface area contributed by atoms with Crippen LogP contribution in [0.25, 0.3) is 0 Å². The number of nitrogens with zero attached hydrogens (tertiary/aromatic N) is 1. The zero-order valence-corrected chi connectivity index (χ0v) is 18.0. The molecule has 146 valence electrons. The summed E-state index contributed by atoms with van der Waals surface area (Å²) in [5.74, 6) is 0.427. The van der Waals surface area contributed by atoms with Crippen LogP contribution < -0.4 is 0 Å². The first kappa shape index (κ1) is 20.7. The molecule has 1 saturated carbocycles. The Hall–Kier alpha value is -1.02. The van der Waals surface area contributed by atoms with Gasteiger partial charge in [0.25, 0.3) is 0 Å². The van der Waals surface area contributed by atoms with Crippen LogP contribution in [0.1, 0.15) is 49.3 Å². The second-order valence-electron chi connectivity index (χ2n) is 7.80. The average Bonchev–Trinajstić information content (AvgIpc) is 2.72. The lowest BCUT2D eigenvalue weighted by Crippen LogP contribution is -2.36. The minimum atomic E-state index is 0.0836. The van der Waals surface area contributed by atoms with Crippen molar-refractivity contribution in [1.29, 1.82) is 0 Å². The molecule has 27 heavy (non-hydrogen) atoms. The molecule has 0 saturated heterocycles. The molecule has 4 atom stereocenters. The molecule has 0 amide bonds. The molecule has 0 bridgehead atoms. The largest absolute Gasteiger partial charge is 0.301 e. The zero-order valence-electron chi connectivity index (χ0n) is 16.5. The van der Waals surface area contributed by atoms with Crippen LogP contribution in [0, 0.1) is 0 Å². The van der Waals surface area contributed by atoms with Crippen LogP contribution >= 0.6 is 23.2 Å². The third-order valence-corrected chi connectivity index (χ3v) is 7.21. The van der Waals surface area contributed by atoms with Crippen molar-refractivity contribution in [3.8, 4) is 0 Å². The molecule has 0 spiro atoms. The SMILES string of the molecule is CCN(CCc1ccccc1)C(C)CCc1ccc(C2CC(Cl)C2Cl)cc1. The van der Waals surface area contributed by atoms with Gasteiger partial charge >= 0.3 is 0 Å². The molecule has 1 fully saturated rings. The Morgan fingerprint density at radius 3 is 2.22 bits per heavy atom. The maximum absolute atomic E-state index is 6.33. The highest BCUT2D eigenvalue weighted by atomic mass is 35.5. The van der Waals surface area contributed by atoms with Gasteiger partial charge in [-0.2, -0.15) is 0 Å². The smallest absolute Gasteiger partial charge is 0.0568 e. The Balaban J connectivity index is 1.46. The Morgan fingerprint density at radius 1 is 0.963 bits per heavy atom. The number of hydrogen-bond donors (Lipinski definition) is 0. The van der Waals surface area contributed by atoms with Crippen molar-refractivity contribution in [2.24, 2.45) is 0 Å². The van der Waals surface area contributed by atoms with E-state index < -0.39 is 0 Å². The summed E-state index contributed by atoms with van der Waals surface area (Å²) in [7, 11) is 0. The van der Waals surface area contributed by atoms with E-state index in [-0.39, 0.29) is 10.8 Å². The van der Waals surface area contributed by atoms with E-state index in [1.807, 2.05) is 0 Å². The van der Waals surface area contributed by atoms with Crippen LogP contribution in [0.15, 0.2) is 54.6 Å². The number of aryl methyl sites for hydroxylation is 1. The fourth-order valence-electron chi connectivity index (χ4n) is 3.98. The molecule has 2 aromatic rings. The van der Waals surface area contributed by atoms with Crippen molar-refractivity contribution in [3.05, 3.63) is 71.3 Å². The van der Waals surface area contributed by atoms with E-state index >= 15 is 0 Å². The summed E-state index contributed by atoms with van der Waals surface area (Å²) in [6, 6.07) is 20.4. The lowest BCUT2D eigenvalue weighted by atomic mass is 9.78. The summed E-state index contributed by atoms with van der Waals surface area (Å²) in [5, 5.41) is 0.216. The summed E-state index contributed by atoms with van der Waals surface area (Å²) in [5.41, 5.74) is 4.17. The summed E-state index contributed by atoms with van der Waals surface area (Å²) >= 11 is 12.5. The van der Waals surface area contributed by atoms with Crippen molar-refractivity contribution in [2.45, 2.75) is 62.2 Å². The molecule has 3 heteroatoms. The van der Waals surface area contributed by atoms with Crippen molar-refractivity contribution >= 4 is 23.2 Å². The van der Waals surface area contributed by atoms with Crippen LogP contribution in [0.4, 0.5) is 0 Å². The van der Waals surface area contributed by atoms with Gasteiger partial charge in [-0.3, -0.25) is 0 Å². The van der Waals surface area contributed by atoms with Gasteiger partial charge in [0, 0.05) is 18.5 Å². The Labute approximate surface area is 174 Å². The number of hydrogen-bond acceptors (Lipinski definition) is 1. The Morgan fingerprint density at radius 2 is 1.63 bits per heavy atom. The molecule has 0 heterocycles. The first-order chi connectivity index (χ1) is 13.1. The van der Waals surface area contributed by atoms with Gasteiger partial charge in [0.1, 0.15) is 0 Å². The van der Waals surface area contributed by atoms with E-state index in [4.69, 9.17) is 23.2 Å². The van der Waals surface area contributed by atoms with Crippen LogP contribution in [0.3, 0.4) is 0 Å². The van der Waals surface area contributed by atoms with Gasteiger partial charge in [0.2, 0.25) is 0 Å².